The van der Waals surface area contributed by atoms with E-state index >= 15 is 0 Å². The number of halogens is 2. The standard InChI is InChI=1S/C16H14BrFO/c1-12-2-4-13(5-3-12)6-7-14-8-9-15(19-11-17)10-16(14)18/h2-10H,11H2,1H3/b7-6+. The van der Waals surface area contributed by atoms with Crippen LogP contribution in [-0.4, -0.2) is 5.52 Å². The Kier molecular flexibility index (Phi) is 4.74. The van der Waals surface area contributed by atoms with Gasteiger partial charge in [0.2, 0.25) is 0 Å². The zero-order chi connectivity index (χ0) is 13.7. The molecule has 0 amide bonds. The van der Waals surface area contributed by atoms with Crippen molar-refractivity contribution in [2.75, 3.05) is 5.52 Å². The number of hydrogen-bond donors (Lipinski definition) is 0. The zero-order valence-electron chi connectivity index (χ0n) is 10.6. The van der Waals surface area contributed by atoms with Gasteiger partial charge in [-0.1, -0.05) is 42.0 Å². The van der Waals surface area contributed by atoms with Crippen molar-refractivity contribution in [3.63, 3.8) is 0 Å². The Morgan fingerprint density at radius 3 is 2.47 bits per heavy atom. The molecule has 0 saturated carbocycles. The molecule has 0 bridgehead atoms. The Balaban J connectivity index is 2.16. The van der Waals surface area contributed by atoms with Crippen molar-refractivity contribution < 1.29 is 9.13 Å². The summed E-state index contributed by atoms with van der Waals surface area (Å²) in [5.74, 6) is 0.226. The molecule has 0 spiro atoms. The molecule has 0 unspecified atom stereocenters. The number of alkyl halides is 1. The maximum atomic E-state index is 13.8. The normalized spacial score (nSPS) is 10.9. The molecule has 0 aliphatic carbocycles. The van der Waals surface area contributed by atoms with Crippen molar-refractivity contribution in [3.05, 3.63) is 65.0 Å². The molecule has 0 aliphatic rings. The summed E-state index contributed by atoms with van der Waals surface area (Å²) >= 11 is 3.14. The predicted molar refractivity (Wildman–Crippen MR) is 80.9 cm³/mol. The molecule has 2 aromatic carbocycles. The third-order valence-electron chi connectivity index (χ3n) is 2.73. The number of hydrogen-bond acceptors (Lipinski definition) is 1. The van der Waals surface area contributed by atoms with Gasteiger partial charge in [-0.25, -0.2) is 4.39 Å². The van der Waals surface area contributed by atoms with Gasteiger partial charge in [-0.15, -0.1) is 0 Å². The van der Waals surface area contributed by atoms with Gasteiger partial charge in [-0.3, -0.25) is 0 Å². The largest absolute Gasteiger partial charge is 0.482 e. The summed E-state index contributed by atoms with van der Waals surface area (Å²) in [5, 5.41) is 0. The average molecular weight is 321 g/mol. The lowest BCUT2D eigenvalue weighted by Gasteiger charge is -2.03. The molecular weight excluding hydrogens is 307 g/mol. The summed E-state index contributed by atoms with van der Waals surface area (Å²) in [5.41, 5.74) is 3.15. The number of ether oxygens (including phenoxy) is 1. The SMILES string of the molecule is Cc1ccc(/C=C/c2ccc(OCBr)cc2F)cc1. The molecule has 2 aromatic rings. The van der Waals surface area contributed by atoms with Gasteiger partial charge in [0.25, 0.3) is 0 Å². The van der Waals surface area contributed by atoms with Crippen LogP contribution >= 0.6 is 15.9 Å². The molecule has 0 atom stereocenters. The molecule has 0 saturated heterocycles. The summed E-state index contributed by atoms with van der Waals surface area (Å²) in [6.45, 7) is 2.04. The minimum atomic E-state index is -0.290. The Morgan fingerprint density at radius 1 is 1.11 bits per heavy atom. The van der Waals surface area contributed by atoms with Gasteiger partial charge in [-0.05, 0) is 40.5 Å². The van der Waals surface area contributed by atoms with Crippen LogP contribution in [0.4, 0.5) is 4.39 Å². The van der Waals surface area contributed by atoms with E-state index in [2.05, 4.69) is 15.9 Å². The highest BCUT2D eigenvalue weighted by Gasteiger charge is 2.01. The second-order valence-electron chi connectivity index (χ2n) is 4.18. The maximum Gasteiger partial charge on any atom is 0.143 e. The van der Waals surface area contributed by atoms with E-state index < -0.39 is 0 Å². The van der Waals surface area contributed by atoms with Crippen LogP contribution in [0, 0.1) is 12.7 Å². The minimum absolute atomic E-state index is 0.290. The first kappa shape index (κ1) is 13.8. The summed E-state index contributed by atoms with van der Waals surface area (Å²) < 4.78 is 19.0. The monoisotopic (exact) mass is 320 g/mol. The highest BCUT2D eigenvalue weighted by molar-refractivity contribution is 9.09. The fourth-order valence-corrected chi connectivity index (χ4v) is 1.92. The van der Waals surface area contributed by atoms with E-state index in [1.165, 1.54) is 11.6 Å². The molecule has 0 aliphatic heterocycles. The minimum Gasteiger partial charge on any atom is -0.482 e. The van der Waals surface area contributed by atoms with E-state index in [4.69, 9.17) is 4.74 Å². The predicted octanol–water partition coefficient (Wildman–Crippen LogP) is 5.04. The lowest BCUT2D eigenvalue weighted by atomic mass is 10.1. The molecule has 0 N–H and O–H groups in total. The molecule has 0 aromatic heterocycles. The first-order valence-electron chi connectivity index (χ1n) is 5.92. The Labute approximate surface area is 120 Å². The van der Waals surface area contributed by atoms with Crippen molar-refractivity contribution in [2.24, 2.45) is 0 Å². The van der Waals surface area contributed by atoms with E-state index in [-0.39, 0.29) is 5.82 Å². The van der Waals surface area contributed by atoms with Gasteiger partial charge < -0.3 is 4.74 Å². The Bertz CT molecular complexity index is 576. The smallest absolute Gasteiger partial charge is 0.143 e. The van der Waals surface area contributed by atoms with Crippen LogP contribution in [0.5, 0.6) is 5.75 Å². The van der Waals surface area contributed by atoms with Crippen LogP contribution in [0.15, 0.2) is 42.5 Å². The number of aryl methyl sites for hydroxylation is 1. The lowest BCUT2D eigenvalue weighted by Crippen LogP contribution is -1.90. The molecule has 2 rings (SSSR count). The van der Waals surface area contributed by atoms with Crippen molar-refractivity contribution in [2.45, 2.75) is 6.92 Å². The summed E-state index contributed by atoms with van der Waals surface area (Å²) in [6.07, 6.45) is 3.65. The highest BCUT2D eigenvalue weighted by Crippen LogP contribution is 2.19. The second-order valence-corrected chi connectivity index (χ2v) is 4.64. The van der Waals surface area contributed by atoms with Gasteiger partial charge in [0.15, 0.2) is 0 Å². The van der Waals surface area contributed by atoms with Gasteiger partial charge >= 0.3 is 0 Å². The fraction of sp³-hybridized carbons (Fsp3) is 0.125. The summed E-state index contributed by atoms with van der Waals surface area (Å²) in [7, 11) is 0. The third-order valence-corrected chi connectivity index (χ3v) is 2.95. The van der Waals surface area contributed by atoms with E-state index in [1.807, 2.05) is 37.3 Å². The Hall–Kier alpha value is -1.61. The first-order valence-corrected chi connectivity index (χ1v) is 7.04. The average Bonchev–Trinajstić information content (AvgIpc) is 2.40. The topological polar surface area (TPSA) is 9.23 Å². The molecule has 19 heavy (non-hydrogen) atoms. The van der Waals surface area contributed by atoms with E-state index in [9.17, 15) is 4.39 Å². The zero-order valence-corrected chi connectivity index (χ0v) is 12.2. The second kappa shape index (κ2) is 6.53. The van der Waals surface area contributed by atoms with Crippen molar-refractivity contribution in [3.8, 4) is 5.75 Å². The first-order chi connectivity index (χ1) is 9.19. The molecule has 3 heteroatoms. The molecule has 1 nitrogen and oxygen atoms in total. The fourth-order valence-electron chi connectivity index (χ4n) is 1.66. The van der Waals surface area contributed by atoms with Crippen LogP contribution < -0.4 is 4.74 Å². The van der Waals surface area contributed by atoms with Crippen molar-refractivity contribution >= 4 is 28.1 Å². The highest BCUT2D eigenvalue weighted by atomic mass is 79.9. The van der Waals surface area contributed by atoms with Gasteiger partial charge in [0.05, 0.1) is 0 Å². The number of benzene rings is 2. The van der Waals surface area contributed by atoms with Gasteiger partial charge in [0.1, 0.15) is 17.1 Å². The van der Waals surface area contributed by atoms with E-state index in [1.54, 1.807) is 18.2 Å². The van der Waals surface area contributed by atoms with Gasteiger partial charge in [-0.2, -0.15) is 0 Å². The van der Waals surface area contributed by atoms with Crippen molar-refractivity contribution in [1.82, 2.24) is 0 Å². The van der Waals surface area contributed by atoms with E-state index in [0.29, 0.717) is 16.8 Å². The van der Waals surface area contributed by atoms with Crippen LogP contribution in [0.1, 0.15) is 16.7 Å². The third kappa shape index (κ3) is 3.93. The van der Waals surface area contributed by atoms with Crippen LogP contribution in [0.25, 0.3) is 12.2 Å². The maximum absolute atomic E-state index is 13.8. The van der Waals surface area contributed by atoms with Crippen LogP contribution in [0.2, 0.25) is 0 Å². The van der Waals surface area contributed by atoms with Gasteiger partial charge in [0, 0.05) is 11.6 Å². The Morgan fingerprint density at radius 2 is 1.84 bits per heavy atom. The summed E-state index contributed by atoms with van der Waals surface area (Å²) in [4.78, 5) is 0. The van der Waals surface area contributed by atoms with Crippen molar-refractivity contribution in [1.29, 1.82) is 0 Å². The van der Waals surface area contributed by atoms with Crippen LogP contribution in [0.3, 0.4) is 0 Å². The molecular formula is C16H14BrFO. The van der Waals surface area contributed by atoms with Crippen LogP contribution in [-0.2, 0) is 0 Å². The molecule has 98 valence electrons. The summed E-state index contributed by atoms with van der Waals surface area (Å²) in [6, 6.07) is 12.9. The quantitative estimate of drug-likeness (QED) is 0.566. The number of rotatable bonds is 4. The molecule has 0 heterocycles. The molecule has 0 fully saturated rings. The van der Waals surface area contributed by atoms with E-state index in [0.717, 1.165) is 5.56 Å². The molecule has 0 radical (unpaired) electrons. The lowest BCUT2D eigenvalue weighted by molar-refractivity contribution is 0.395.